The third-order valence-electron chi connectivity index (χ3n) is 3.31. The zero-order valence-corrected chi connectivity index (χ0v) is 12.6. The van der Waals surface area contributed by atoms with E-state index in [1.807, 2.05) is 0 Å². The van der Waals surface area contributed by atoms with E-state index in [0.29, 0.717) is 23.8 Å². The Kier molecular flexibility index (Phi) is 7.73. The van der Waals surface area contributed by atoms with Crippen molar-refractivity contribution in [1.82, 2.24) is 0 Å². The topological polar surface area (TPSA) is 44.8 Å². The monoisotopic (exact) mass is 280 g/mol. The smallest absolute Gasteiger partial charge is 0.376 e. The zero-order valence-electron chi connectivity index (χ0n) is 12.6. The molecule has 1 atom stereocenters. The summed E-state index contributed by atoms with van der Waals surface area (Å²) in [5.41, 5.74) is 0.372. The Morgan fingerprint density at radius 2 is 2.00 bits per heavy atom. The number of benzene rings is 1. The van der Waals surface area contributed by atoms with Gasteiger partial charge in [0.1, 0.15) is 11.3 Å². The molecule has 0 N–H and O–H groups in total. The largest absolute Gasteiger partial charge is 0.496 e. The number of hydrogen-bond acceptors (Lipinski definition) is 4. The highest BCUT2D eigenvalue weighted by molar-refractivity contribution is 5.92. The van der Waals surface area contributed by atoms with Crippen molar-refractivity contribution in [2.45, 2.75) is 39.5 Å². The van der Waals surface area contributed by atoms with Crippen molar-refractivity contribution >= 4 is 5.97 Å². The Hall–Kier alpha value is -1.55. The molecule has 0 bridgehead atoms. The molecule has 1 unspecified atom stereocenters. The Balaban J connectivity index is 2.43. The first-order valence-corrected chi connectivity index (χ1v) is 7.19. The highest BCUT2D eigenvalue weighted by Crippen LogP contribution is 2.19. The standard InChI is InChI=1S/C16H24O4/c1-4-6-9-13(5-2)12-19-20-16(17)14-10-7-8-11-15(14)18-3/h7-8,10-11,13H,4-6,9,12H2,1-3H3. The molecule has 0 aromatic heterocycles. The van der Waals surface area contributed by atoms with Gasteiger partial charge in [-0.25, -0.2) is 4.79 Å². The second-order valence-electron chi connectivity index (χ2n) is 4.77. The highest BCUT2D eigenvalue weighted by Gasteiger charge is 2.15. The van der Waals surface area contributed by atoms with E-state index in [0.717, 1.165) is 19.3 Å². The van der Waals surface area contributed by atoms with Crippen molar-refractivity contribution in [2.24, 2.45) is 5.92 Å². The summed E-state index contributed by atoms with van der Waals surface area (Å²) in [4.78, 5) is 21.8. The third-order valence-corrected chi connectivity index (χ3v) is 3.31. The first-order valence-electron chi connectivity index (χ1n) is 7.19. The van der Waals surface area contributed by atoms with E-state index in [4.69, 9.17) is 14.5 Å². The summed E-state index contributed by atoms with van der Waals surface area (Å²) in [6.07, 6.45) is 4.45. The van der Waals surface area contributed by atoms with E-state index in [9.17, 15) is 4.79 Å². The molecule has 0 heterocycles. The Morgan fingerprint density at radius 1 is 1.25 bits per heavy atom. The molecule has 4 nitrogen and oxygen atoms in total. The quantitative estimate of drug-likeness (QED) is 0.506. The van der Waals surface area contributed by atoms with Crippen LogP contribution < -0.4 is 4.74 Å². The van der Waals surface area contributed by atoms with Gasteiger partial charge in [-0.2, -0.15) is 4.89 Å². The van der Waals surface area contributed by atoms with E-state index in [1.165, 1.54) is 13.5 Å². The molecule has 0 saturated carbocycles. The van der Waals surface area contributed by atoms with Crippen LogP contribution in [0.5, 0.6) is 5.75 Å². The van der Waals surface area contributed by atoms with Gasteiger partial charge in [0, 0.05) is 0 Å². The predicted molar refractivity (Wildman–Crippen MR) is 77.7 cm³/mol. The van der Waals surface area contributed by atoms with E-state index < -0.39 is 5.97 Å². The van der Waals surface area contributed by atoms with Gasteiger partial charge in [0.15, 0.2) is 0 Å². The molecule has 1 aromatic carbocycles. The molecule has 0 amide bonds. The maximum absolute atomic E-state index is 11.9. The molecule has 0 spiro atoms. The summed E-state index contributed by atoms with van der Waals surface area (Å²) in [7, 11) is 1.52. The SMILES string of the molecule is CCCCC(CC)COOC(=O)c1ccccc1OC. The minimum atomic E-state index is -0.521. The van der Waals surface area contributed by atoms with Crippen LogP contribution in [-0.4, -0.2) is 19.7 Å². The maximum Gasteiger partial charge on any atom is 0.376 e. The number of methoxy groups -OCH3 is 1. The fourth-order valence-electron chi connectivity index (χ4n) is 1.94. The molecular formula is C16H24O4. The number of hydrogen-bond donors (Lipinski definition) is 0. The molecule has 0 aliphatic carbocycles. The molecule has 1 rings (SSSR count). The van der Waals surface area contributed by atoms with Gasteiger partial charge in [0.2, 0.25) is 0 Å². The Bertz CT molecular complexity index is 403. The van der Waals surface area contributed by atoms with E-state index in [2.05, 4.69) is 13.8 Å². The van der Waals surface area contributed by atoms with Crippen LogP contribution in [0.25, 0.3) is 0 Å². The van der Waals surface area contributed by atoms with Crippen LogP contribution in [0, 0.1) is 5.92 Å². The third kappa shape index (κ3) is 5.21. The first kappa shape index (κ1) is 16.5. The summed E-state index contributed by atoms with van der Waals surface area (Å²) < 4.78 is 5.11. The van der Waals surface area contributed by atoms with Gasteiger partial charge in [-0.05, 0) is 24.5 Å². The minimum absolute atomic E-state index is 0.372. The van der Waals surface area contributed by atoms with Gasteiger partial charge in [-0.1, -0.05) is 45.2 Å². The zero-order chi connectivity index (χ0) is 14.8. The van der Waals surface area contributed by atoms with Crippen molar-refractivity contribution in [3.63, 3.8) is 0 Å². The average molecular weight is 280 g/mol. The van der Waals surface area contributed by atoms with Crippen LogP contribution in [0.1, 0.15) is 49.9 Å². The lowest BCUT2D eigenvalue weighted by Gasteiger charge is -2.13. The lowest BCUT2D eigenvalue weighted by molar-refractivity contribution is -0.249. The summed E-state index contributed by atoms with van der Waals surface area (Å²) >= 11 is 0. The second-order valence-corrected chi connectivity index (χ2v) is 4.77. The minimum Gasteiger partial charge on any atom is -0.496 e. The number of rotatable bonds is 9. The second kappa shape index (κ2) is 9.37. The van der Waals surface area contributed by atoms with Gasteiger partial charge >= 0.3 is 5.97 Å². The Labute approximate surface area is 121 Å². The van der Waals surface area contributed by atoms with Crippen molar-refractivity contribution in [1.29, 1.82) is 0 Å². The Morgan fingerprint density at radius 3 is 2.65 bits per heavy atom. The van der Waals surface area contributed by atoms with Crippen molar-refractivity contribution in [2.75, 3.05) is 13.7 Å². The summed E-state index contributed by atoms with van der Waals surface area (Å²) in [5.74, 6) is 0.396. The van der Waals surface area contributed by atoms with Gasteiger partial charge in [-0.3, -0.25) is 4.89 Å². The number of unbranched alkanes of at least 4 members (excludes halogenated alkanes) is 1. The van der Waals surface area contributed by atoms with E-state index in [-0.39, 0.29) is 0 Å². The van der Waals surface area contributed by atoms with Crippen molar-refractivity contribution < 1.29 is 19.3 Å². The van der Waals surface area contributed by atoms with E-state index in [1.54, 1.807) is 24.3 Å². The molecule has 112 valence electrons. The molecule has 0 aliphatic heterocycles. The molecule has 0 aliphatic rings. The van der Waals surface area contributed by atoms with Crippen molar-refractivity contribution in [3.05, 3.63) is 29.8 Å². The van der Waals surface area contributed by atoms with Gasteiger partial charge in [0.05, 0.1) is 13.7 Å². The molecule has 20 heavy (non-hydrogen) atoms. The van der Waals surface area contributed by atoms with Gasteiger partial charge in [0.25, 0.3) is 0 Å². The maximum atomic E-state index is 11.9. The number of carbonyl (C=O) groups excluding carboxylic acids is 1. The lowest BCUT2D eigenvalue weighted by Crippen LogP contribution is -2.13. The van der Waals surface area contributed by atoms with Crippen LogP contribution in [0.4, 0.5) is 0 Å². The van der Waals surface area contributed by atoms with Crippen LogP contribution >= 0.6 is 0 Å². The lowest BCUT2D eigenvalue weighted by atomic mass is 10.0. The fraction of sp³-hybridized carbons (Fsp3) is 0.562. The van der Waals surface area contributed by atoms with Gasteiger partial charge in [-0.15, -0.1) is 0 Å². The number of para-hydroxylation sites is 1. The summed E-state index contributed by atoms with van der Waals surface area (Å²) in [6.45, 7) is 4.72. The van der Waals surface area contributed by atoms with Crippen LogP contribution in [0.3, 0.4) is 0 Å². The molecule has 0 saturated heterocycles. The molecule has 0 fully saturated rings. The van der Waals surface area contributed by atoms with Crippen molar-refractivity contribution in [3.8, 4) is 5.75 Å². The predicted octanol–water partition coefficient (Wildman–Crippen LogP) is 4.00. The normalized spacial score (nSPS) is 11.9. The number of ether oxygens (including phenoxy) is 1. The molecular weight excluding hydrogens is 256 g/mol. The molecule has 0 radical (unpaired) electrons. The summed E-state index contributed by atoms with van der Waals surface area (Å²) in [6, 6.07) is 6.93. The van der Waals surface area contributed by atoms with Crippen LogP contribution in [0.2, 0.25) is 0 Å². The molecule has 4 heteroatoms. The fourth-order valence-corrected chi connectivity index (χ4v) is 1.94. The van der Waals surface area contributed by atoms with Gasteiger partial charge < -0.3 is 4.74 Å². The average Bonchev–Trinajstić information content (AvgIpc) is 2.50. The highest BCUT2D eigenvalue weighted by atomic mass is 17.2. The van der Waals surface area contributed by atoms with E-state index >= 15 is 0 Å². The van der Waals surface area contributed by atoms with Crippen LogP contribution in [-0.2, 0) is 9.78 Å². The molecule has 1 aromatic rings. The summed E-state index contributed by atoms with van der Waals surface area (Å²) in [5, 5.41) is 0. The number of carbonyl (C=O) groups is 1. The van der Waals surface area contributed by atoms with Crippen LogP contribution in [0.15, 0.2) is 24.3 Å². The first-order chi connectivity index (χ1) is 9.72.